The summed E-state index contributed by atoms with van der Waals surface area (Å²) in [6.07, 6.45) is 1.85. The van der Waals surface area contributed by atoms with Crippen molar-refractivity contribution in [2.45, 2.75) is 39.2 Å². The number of esters is 1. The van der Waals surface area contributed by atoms with Gasteiger partial charge in [0.2, 0.25) is 0 Å². The molecule has 0 fully saturated rings. The van der Waals surface area contributed by atoms with Gasteiger partial charge in [-0.25, -0.2) is 4.79 Å². The summed E-state index contributed by atoms with van der Waals surface area (Å²) in [7, 11) is 1.39. The molecule has 18 heavy (non-hydrogen) atoms. The van der Waals surface area contributed by atoms with E-state index >= 15 is 0 Å². The lowest BCUT2D eigenvalue weighted by Gasteiger charge is -2.23. The highest BCUT2D eigenvalue weighted by Crippen LogP contribution is 2.14. The number of hydrogen-bond donors (Lipinski definition) is 0. The van der Waals surface area contributed by atoms with E-state index in [1.54, 1.807) is 12.1 Å². The highest BCUT2D eigenvalue weighted by molar-refractivity contribution is 5.89. The molecule has 0 amide bonds. The van der Waals surface area contributed by atoms with Crippen LogP contribution in [0.3, 0.4) is 0 Å². The smallest absolute Gasteiger partial charge is 0.337 e. The standard InChI is InChI=1S/C15H22O3/c1-5-15(2,3)18-11-10-12-6-8-13(9-7-12)14(16)17-4/h6-9H,5,10-11H2,1-4H3. The van der Waals surface area contributed by atoms with E-state index in [-0.39, 0.29) is 11.6 Å². The van der Waals surface area contributed by atoms with Crippen molar-refractivity contribution in [1.29, 1.82) is 0 Å². The van der Waals surface area contributed by atoms with Crippen LogP contribution in [-0.2, 0) is 15.9 Å². The number of rotatable bonds is 6. The molecule has 0 aliphatic rings. The third-order valence-corrected chi connectivity index (χ3v) is 3.11. The number of ether oxygens (including phenoxy) is 2. The molecular weight excluding hydrogens is 228 g/mol. The van der Waals surface area contributed by atoms with Gasteiger partial charge in [-0.2, -0.15) is 0 Å². The molecule has 3 heteroatoms. The third-order valence-electron chi connectivity index (χ3n) is 3.11. The van der Waals surface area contributed by atoms with Crippen molar-refractivity contribution >= 4 is 5.97 Å². The Bertz CT molecular complexity index is 379. The second kappa shape index (κ2) is 6.55. The van der Waals surface area contributed by atoms with Gasteiger partial charge in [0.05, 0.1) is 24.9 Å². The van der Waals surface area contributed by atoms with Crippen LogP contribution in [0.1, 0.15) is 43.1 Å². The Balaban J connectivity index is 2.47. The van der Waals surface area contributed by atoms with E-state index in [4.69, 9.17) is 4.74 Å². The Labute approximate surface area is 109 Å². The molecule has 0 saturated carbocycles. The fourth-order valence-corrected chi connectivity index (χ4v) is 1.47. The highest BCUT2D eigenvalue weighted by atomic mass is 16.5. The van der Waals surface area contributed by atoms with Crippen molar-refractivity contribution in [1.82, 2.24) is 0 Å². The van der Waals surface area contributed by atoms with E-state index in [9.17, 15) is 4.79 Å². The van der Waals surface area contributed by atoms with Gasteiger partial charge in [-0.3, -0.25) is 0 Å². The van der Waals surface area contributed by atoms with Crippen LogP contribution in [0.5, 0.6) is 0 Å². The maximum Gasteiger partial charge on any atom is 0.337 e. The predicted octanol–water partition coefficient (Wildman–Crippen LogP) is 3.22. The molecular formula is C15H22O3. The predicted molar refractivity (Wildman–Crippen MR) is 71.8 cm³/mol. The Kier molecular flexibility index (Phi) is 5.35. The fraction of sp³-hybridized carbons (Fsp3) is 0.533. The summed E-state index contributed by atoms with van der Waals surface area (Å²) in [4.78, 5) is 11.3. The first-order valence-corrected chi connectivity index (χ1v) is 6.29. The lowest BCUT2D eigenvalue weighted by molar-refractivity contribution is -0.0182. The van der Waals surface area contributed by atoms with Crippen molar-refractivity contribution in [2.24, 2.45) is 0 Å². The van der Waals surface area contributed by atoms with Crippen molar-refractivity contribution in [2.75, 3.05) is 13.7 Å². The van der Waals surface area contributed by atoms with Crippen molar-refractivity contribution in [3.8, 4) is 0 Å². The van der Waals surface area contributed by atoms with E-state index in [1.165, 1.54) is 7.11 Å². The average Bonchev–Trinajstić information content (AvgIpc) is 2.38. The van der Waals surface area contributed by atoms with Crippen LogP contribution in [0.15, 0.2) is 24.3 Å². The molecule has 1 aromatic carbocycles. The molecule has 0 radical (unpaired) electrons. The Morgan fingerprint density at radius 3 is 2.33 bits per heavy atom. The molecule has 1 aromatic rings. The van der Waals surface area contributed by atoms with Gasteiger partial charge in [-0.15, -0.1) is 0 Å². The highest BCUT2D eigenvalue weighted by Gasteiger charge is 2.14. The van der Waals surface area contributed by atoms with Crippen LogP contribution < -0.4 is 0 Å². The van der Waals surface area contributed by atoms with E-state index in [2.05, 4.69) is 25.5 Å². The Morgan fingerprint density at radius 1 is 1.22 bits per heavy atom. The first kappa shape index (κ1) is 14.7. The van der Waals surface area contributed by atoms with Crippen molar-refractivity contribution < 1.29 is 14.3 Å². The lowest BCUT2D eigenvalue weighted by atomic mass is 10.1. The normalized spacial score (nSPS) is 11.3. The van der Waals surface area contributed by atoms with Gasteiger partial charge in [0.1, 0.15) is 0 Å². The molecule has 1 rings (SSSR count). The van der Waals surface area contributed by atoms with Crippen molar-refractivity contribution in [3.63, 3.8) is 0 Å². The number of benzene rings is 1. The minimum atomic E-state index is -0.301. The fourth-order valence-electron chi connectivity index (χ4n) is 1.47. The van der Waals surface area contributed by atoms with Crippen LogP contribution in [0.25, 0.3) is 0 Å². The van der Waals surface area contributed by atoms with Crippen LogP contribution in [-0.4, -0.2) is 25.3 Å². The third kappa shape index (κ3) is 4.49. The SMILES string of the molecule is CCC(C)(C)OCCc1ccc(C(=O)OC)cc1. The molecule has 0 bridgehead atoms. The van der Waals surface area contributed by atoms with Gasteiger partial charge < -0.3 is 9.47 Å². The van der Waals surface area contributed by atoms with Gasteiger partial charge in [-0.05, 0) is 44.4 Å². The number of carbonyl (C=O) groups excluding carboxylic acids is 1. The Morgan fingerprint density at radius 2 is 1.83 bits per heavy atom. The van der Waals surface area contributed by atoms with Gasteiger partial charge in [-0.1, -0.05) is 19.1 Å². The molecule has 0 unspecified atom stereocenters. The molecule has 3 nitrogen and oxygen atoms in total. The molecule has 0 heterocycles. The van der Waals surface area contributed by atoms with Gasteiger partial charge in [0.25, 0.3) is 0 Å². The van der Waals surface area contributed by atoms with Gasteiger partial charge in [0, 0.05) is 0 Å². The lowest BCUT2D eigenvalue weighted by Crippen LogP contribution is -2.24. The summed E-state index contributed by atoms with van der Waals surface area (Å²) in [5.74, 6) is -0.301. The van der Waals surface area contributed by atoms with E-state index < -0.39 is 0 Å². The van der Waals surface area contributed by atoms with E-state index in [1.807, 2.05) is 12.1 Å². The molecule has 100 valence electrons. The summed E-state index contributed by atoms with van der Waals surface area (Å²) in [5, 5.41) is 0. The van der Waals surface area contributed by atoms with Gasteiger partial charge >= 0.3 is 5.97 Å². The quantitative estimate of drug-likeness (QED) is 0.727. The molecule has 0 N–H and O–H groups in total. The first-order valence-electron chi connectivity index (χ1n) is 6.29. The minimum absolute atomic E-state index is 0.0635. The summed E-state index contributed by atoms with van der Waals surface area (Å²) in [6.45, 7) is 6.99. The monoisotopic (exact) mass is 250 g/mol. The van der Waals surface area contributed by atoms with Crippen LogP contribution in [0.4, 0.5) is 0 Å². The van der Waals surface area contributed by atoms with Crippen LogP contribution >= 0.6 is 0 Å². The molecule has 0 spiro atoms. The second-order valence-electron chi connectivity index (χ2n) is 4.90. The topological polar surface area (TPSA) is 35.5 Å². The maximum absolute atomic E-state index is 11.3. The summed E-state index contributed by atoms with van der Waals surface area (Å²) < 4.78 is 10.4. The first-order chi connectivity index (χ1) is 8.48. The second-order valence-corrected chi connectivity index (χ2v) is 4.90. The zero-order valence-corrected chi connectivity index (χ0v) is 11.7. The summed E-state index contributed by atoms with van der Waals surface area (Å²) >= 11 is 0. The molecule has 0 atom stereocenters. The average molecular weight is 250 g/mol. The molecule has 0 aliphatic heterocycles. The minimum Gasteiger partial charge on any atom is -0.465 e. The zero-order chi connectivity index (χ0) is 13.6. The van der Waals surface area contributed by atoms with Crippen LogP contribution in [0, 0.1) is 0 Å². The number of methoxy groups -OCH3 is 1. The van der Waals surface area contributed by atoms with E-state index in [0.717, 1.165) is 18.4 Å². The van der Waals surface area contributed by atoms with Crippen molar-refractivity contribution in [3.05, 3.63) is 35.4 Å². The molecule has 0 aromatic heterocycles. The largest absolute Gasteiger partial charge is 0.465 e. The summed E-state index contributed by atoms with van der Waals surface area (Å²) in [5.41, 5.74) is 1.68. The summed E-state index contributed by atoms with van der Waals surface area (Å²) in [6, 6.07) is 7.45. The number of carbonyl (C=O) groups is 1. The molecule has 0 aliphatic carbocycles. The van der Waals surface area contributed by atoms with Crippen LogP contribution in [0.2, 0.25) is 0 Å². The number of hydrogen-bond acceptors (Lipinski definition) is 3. The Hall–Kier alpha value is -1.35. The van der Waals surface area contributed by atoms with E-state index in [0.29, 0.717) is 12.2 Å². The zero-order valence-electron chi connectivity index (χ0n) is 11.7. The van der Waals surface area contributed by atoms with Gasteiger partial charge in [0.15, 0.2) is 0 Å². The molecule has 0 saturated heterocycles. The maximum atomic E-state index is 11.3.